The second-order valence-electron chi connectivity index (χ2n) is 7.95. The van der Waals surface area contributed by atoms with E-state index in [4.69, 9.17) is 4.74 Å². The average Bonchev–Trinajstić information content (AvgIpc) is 3.00. The second kappa shape index (κ2) is 6.71. The molecule has 1 aromatic rings. The largest absolute Gasteiger partial charge is 0.457 e. The molecule has 0 saturated carbocycles. The Labute approximate surface area is 149 Å². The number of hydrogen-bond acceptors (Lipinski definition) is 5. The Balaban J connectivity index is 1.40. The molecule has 5 heteroatoms. The molecule has 3 aliphatic rings. The molecule has 2 N–H and O–H groups in total. The van der Waals surface area contributed by atoms with Crippen molar-refractivity contribution in [3.05, 3.63) is 34.4 Å². The number of hydrogen-bond donors (Lipinski definition) is 2. The molecular weight excluding hydrogens is 316 g/mol. The lowest BCUT2D eigenvalue weighted by Crippen LogP contribution is -2.46. The summed E-state index contributed by atoms with van der Waals surface area (Å²) < 4.78 is 5.12. The van der Waals surface area contributed by atoms with Crippen molar-refractivity contribution >= 4 is 5.97 Å². The Kier molecular flexibility index (Phi) is 4.56. The molecule has 1 spiro atoms. The maximum atomic E-state index is 11.7. The van der Waals surface area contributed by atoms with Crippen LogP contribution in [0.25, 0.3) is 0 Å². The lowest BCUT2D eigenvalue weighted by molar-refractivity contribution is 0.0415. The number of nitrogens with one attached hydrogen (secondary N) is 1. The third kappa shape index (κ3) is 3.21. The molecule has 0 aliphatic carbocycles. The van der Waals surface area contributed by atoms with Crippen LogP contribution in [0.15, 0.2) is 12.1 Å². The van der Waals surface area contributed by atoms with E-state index in [0.29, 0.717) is 24.1 Å². The summed E-state index contributed by atoms with van der Waals surface area (Å²) in [4.78, 5) is 14.1. The van der Waals surface area contributed by atoms with Gasteiger partial charge in [-0.2, -0.15) is 0 Å². The van der Waals surface area contributed by atoms with E-state index in [1.807, 2.05) is 13.0 Å². The molecule has 2 fully saturated rings. The molecule has 1 aromatic carbocycles. The average molecular weight is 344 g/mol. The summed E-state index contributed by atoms with van der Waals surface area (Å²) in [6, 6.07) is 3.69. The minimum atomic E-state index is -0.511. The number of aliphatic hydroxyl groups is 1. The summed E-state index contributed by atoms with van der Waals surface area (Å²) in [5.74, 6) is -0.248. The summed E-state index contributed by atoms with van der Waals surface area (Å²) in [5.41, 5.74) is 4.06. The van der Waals surface area contributed by atoms with Gasteiger partial charge in [0.25, 0.3) is 0 Å². The van der Waals surface area contributed by atoms with Crippen molar-refractivity contribution in [2.75, 3.05) is 32.7 Å². The number of likely N-dealkylation sites (tertiary alicyclic amines) is 1. The smallest absolute Gasteiger partial charge is 0.338 e. The minimum absolute atomic E-state index is 0.248. The van der Waals surface area contributed by atoms with Gasteiger partial charge in [-0.25, -0.2) is 4.79 Å². The molecule has 3 aliphatic heterocycles. The topological polar surface area (TPSA) is 61.8 Å². The zero-order valence-corrected chi connectivity index (χ0v) is 15.0. The van der Waals surface area contributed by atoms with Crippen molar-refractivity contribution in [2.24, 2.45) is 5.41 Å². The number of rotatable bonds is 3. The molecule has 25 heavy (non-hydrogen) atoms. The highest BCUT2D eigenvalue weighted by Gasteiger charge is 2.36. The van der Waals surface area contributed by atoms with E-state index in [1.165, 1.54) is 25.7 Å². The highest BCUT2D eigenvalue weighted by Crippen LogP contribution is 2.40. The molecule has 4 rings (SSSR count). The number of nitrogens with zero attached hydrogens (tertiary/aromatic N) is 1. The molecule has 5 nitrogen and oxygen atoms in total. The quantitative estimate of drug-likeness (QED) is 0.823. The second-order valence-corrected chi connectivity index (χ2v) is 7.95. The van der Waals surface area contributed by atoms with Crippen LogP contribution in [0.1, 0.15) is 58.8 Å². The maximum absolute atomic E-state index is 11.7. The predicted octanol–water partition coefficient (Wildman–Crippen LogP) is 2.16. The molecule has 0 aromatic heterocycles. The first-order valence-corrected chi connectivity index (χ1v) is 9.49. The summed E-state index contributed by atoms with van der Waals surface area (Å²) >= 11 is 0. The number of carbonyl (C=O) groups excluding carboxylic acids is 1. The van der Waals surface area contributed by atoms with E-state index < -0.39 is 6.10 Å². The van der Waals surface area contributed by atoms with Crippen LogP contribution < -0.4 is 5.32 Å². The molecule has 0 radical (unpaired) electrons. The van der Waals surface area contributed by atoms with Crippen LogP contribution in [0.4, 0.5) is 0 Å². The number of aliphatic hydroxyl groups excluding tert-OH is 1. The van der Waals surface area contributed by atoms with Crippen LogP contribution in [0.3, 0.4) is 0 Å². The summed E-state index contributed by atoms with van der Waals surface area (Å²) in [6.45, 7) is 7.43. The zero-order valence-electron chi connectivity index (χ0n) is 15.0. The first-order chi connectivity index (χ1) is 12.1. The van der Waals surface area contributed by atoms with Crippen LogP contribution >= 0.6 is 0 Å². The van der Waals surface area contributed by atoms with Crippen LogP contribution in [-0.2, 0) is 11.3 Å². The van der Waals surface area contributed by atoms with Crippen molar-refractivity contribution in [1.29, 1.82) is 0 Å². The van der Waals surface area contributed by atoms with E-state index in [9.17, 15) is 9.90 Å². The van der Waals surface area contributed by atoms with Crippen LogP contribution in [0, 0.1) is 12.3 Å². The molecule has 1 atom stereocenters. The van der Waals surface area contributed by atoms with Gasteiger partial charge in [0.05, 0.1) is 11.7 Å². The van der Waals surface area contributed by atoms with Gasteiger partial charge >= 0.3 is 5.97 Å². The van der Waals surface area contributed by atoms with Crippen LogP contribution in [0.5, 0.6) is 0 Å². The molecule has 0 bridgehead atoms. The van der Waals surface area contributed by atoms with E-state index in [0.717, 1.165) is 42.9 Å². The van der Waals surface area contributed by atoms with Crippen molar-refractivity contribution in [3.8, 4) is 0 Å². The lowest BCUT2D eigenvalue weighted by atomic mass is 9.71. The third-order valence-electron chi connectivity index (χ3n) is 6.58. The zero-order chi connectivity index (χ0) is 17.4. The van der Waals surface area contributed by atoms with Gasteiger partial charge in [-0.05, 0) is 81.4 Å². The summed E-state index contributed by atoms with van der Waals surface area (Å²) in [6.07, 6.45) is 4.56. The fourth-order valence-corrected chi connectivity index (χ4v) is 4.74. The number of benzene rings is 1. The Morgan fingerprint density at radius 3 is 2.68 bits per heavy atom. The van der Waals surface area contributed by atoms with E-state index in [1.54, 1.807) is 6.07 Å². The molecule has 136 valence electrons. The third-order valence-corrected chi connectivity index (χ3v) is 6.58. The van der Waals surface area contributed by atoms with Crippen LogP contribution in [-0.4, -0.2) is 48.7 Å². The Hall–Kier alpha value is -1.43. The van der Waals surface area contributed by atoms with Gasteiger partial charge in [0.15, 0.2) is 0 Å². The fraction of sp³-hybridized carbons (Fsp3) is 0.650. The van der Waals surface area contributed by atoms with Gasteiger partial charge in [-0.3, -0.25) is 0 Å². The van der Waals surface area contributed by atoms with Gasteiger partial charge < -0.3 is 20.1 Å². The molecule has 1 unspecified atom stereocenters. The fourth-order valence-electron chi connectivity index (χ4n) is 4.74. The normalized spacial score (nSPS) is 24.2. The van der Waals surface area contributed by atoms with E-state index >= 15 is 0 Å². The molecule has 0 amide bonds. The van der Waals surface area contributed by atoms with E-state index in [-0.39, 0.29) is 5.97 Å². The number of fused-ring (bicyclic) bond motifs is 1. The number of β-amino-alcohol motifs (C(OH)–C–C–N with tert-alkyl or cyclic N) is 1. The first kappa shape index (κ1) is 17.0. The monoisotopic (exact) mass is 344 g/mol. The molecule has 2 saturated heterocycles. The number of cyclic esters (lactones) is 1. The van der Waals surface area contributed by atoms with Crippen molar-refractivity contribution in [3.63, 3.8) is 0 Å². The van der Waals surface area contributed by atoms with Gasteiger partial charge in [0.2, 0.25) is 0 Å². The van der Waals surface area contributed by atoms with Crippen molar-refractivity contribution in [2.45, 2.75) is 45.3 Å². The minimum Gasteiger partial charge on any atom is -0.457 e. The highest BCUT2D eigenvalue weighted by molar-refractivity contribution is 5.93. The number of ether oxygens (including phenoxy) is 1. The molecular formula is C20H28N2O3. The van der Waals surface area contributed by atoms with Crippen LogP contribution in [0.2, 0.25) is 0 Å². The standard InChI is InChI=1S/C20H28N2O3/c1-14-15(2-3-16-17(14)13-25-19(16)24)18(23)12-22-10-6-20(7-11-22)4-8-21-9-5-20/h2-3,18,21,23H,4-13H2,1H3. The lowest BCUT2D eigenvalue weighted by Gasteiger charge is -2.44. The van der Waals surface area contributed by atoms with Crippen molar-refractivity contribution < 1.29 is 14.6 Å². The number of piperidine rings is 2. The van der Waals surface area contributed by atoms with Gasteiger partial charge in [0, 0.05) is 12.1 Å². The highest BCUT2D eigenvalue weighted by atomic mass is 16.5. The van der Waals surface area contributed by atoms with Gasteiger partial charge in [-0.15, -0.1) is 0 Å². The first-order valence-electron chi connectivity index (χ1n) is 9.49. The Morgan fingerprint density at radius 1 is 1.24 bits per heavy atom. The number of carbonyl (C=O) groups is 1. The number of esters is 1. The summed E-state index contributed by atoms with van der Waals surface area (Å²) in [7, 11) is 0. The maximum Gasteiger partial charge on any atom is 0.338 e. The van der Waals surface area contributed by atoms with Gasteiger partial charge in [-0.1, -0.05) is 6.07 Å². The SMILES string of the molecule is Cc1c(C(O)CN2CCC3(CCNCC3)CC2)ccc2c1COC2=O. The Morgan fingerprint density at radius 2 is 1.96 bits per heavy atom. The van der Waals surface area contributed by atoms with Crippen molar-refractivity contribution in [1.82, 2.24) is 10.2 Å². The predicted molar refractivity (Wildman–Crippen MR) is 95.5 cm³/mol. The molecule has 3 heterocycles. The van der Waals surface area contributed by atoms with Gasteiger partial charge in [0.1, 0.15) is 6.61 Å². The van der Waals surface area contributed by atoms with E-state index in [2.05, 4.69) is 10.2 Å². The summed E-state index contributed by atoms with van der Waals surface area (Å²) in [5, 5.41) is 14.2. The Bertz CT molecular complexity index is 657.